The number of halogens is 2. The predicted molar refractivity (Wildman–Crippen MR) is 98.3 cm³/mol. The van der Waals surface area contributed by atoms with Crippen molar-refractivity contribution >= 4 is 55.4 Å². The monoisotopic (exact) mass is 450 g/mol. The van der Waals surface area contributed by atoms with E-state index in [1.165, 1.54) is 11.1 Å². The molecule has 24 heavy (non-hydrogen) atoms. The fourth-order valence-corrected chi connectivity index (χ4v) is 3.54. The summed E-state index contributed by atoms with van der Waals surface area (Å²) in [4.78, 5) is 24.7. The average Bonchev–Trinajstić information content (AvgIpc) is 2.81. The molecule has 1 saturated heterocycles. The molecule has 5 nitrogen and oxygen atoms in total. The van der Waals surface area contributed by atoms with Crippen molar-refractivity contribution in [1.29, 1.82) is 0 Å². The summed E-state index contributed by atoms with van der Waals surface area (Å²) >= 11 is 6.54. The number of aromatic hydroxyl groups is 1. The highest BCUT2D eigenvalue weighted by Gasteiger charge is 2.34. The highest BCUT2D eigenvalue weighted by molar-refractivity contribution is 9.11. The molecule has 0 aliphatic carbocycles. The molecule has 7 heteroatoms. The number of hydrazine groups is 1. The van der Waals surface area contributed by atoms with Crippen LogP contribution in [0.15, 0.2) is 50.9 Å². The highest BCUT2D eigenvalue weighted by atomic mass is 79.9. The van der Waals surface area contributed by atoms with Crippen LogP contribution in [0.3, 0.4) is 0 Å². The molecule has 0 aromatic heterocycles. The van der Waals surface area contributed by atoms with Gasteiger partial charge in [0.15, 0.2) is 0 Å². The van der Waals surface area contributed by atoms with Gasteiger partial charge in [0.05, 0.1) is 10.2 Å². The Morgan fingerprint density at radius 3 is 2.46 bits per heavy atom. The molecule has 0 bridgehead atoms. The van der Waals surface area contributed by atoms with Crippen LogP contribution in [-0.2, 0) is 9.59 Å². The number of phenolic OH excluding ortho intramolecular Hbond substituents is 1. The zero-order valence-electron chi connectivity index (χ0n) is 12.5. The predicted octanol–water partition coefficient (Wildman–Crippen LogP) is 3.69. The lowest BCUT2D eigenvalue weighted by Crippen LogP contribution is -2.35. The largest absolute Gasteiger partial charge is 0.506 e. The molecule has 2 aromatic carbocycles. The maximum Gasteiger partial charge on any atom is 0.282 e. The summed E-state index contributed by atoms with van der Waals surface area (Å²) in [6.07, 6.45) is 1.37. The molecule has 2 N–H and O–H groups in total. The lowest BCUT2D eigenvalue weighted by molar-refractivity contribution is -0.117. The summed E-state index contributed by atoms with van der Waals surface area (Å²) in [5.74, 6) is -1.03. The maximum atomic E-state index is 12.6. The SMILES string of the molecule is Cc1ccc(N2NC(=O)/C(=C/c3cc(Br)cc(Br)c3O)C2=O)cc1. The molecule has 3 rings (SSSR count). The number of amides is 2. The van der Waals surface area contributed by atoms with E-state index in [0.29, 0.717) is 20.2 Å². The number of hydrogen-bond donors (Lipinski definition) is 2. The molecule has 1 aliphatic rings. The van der Waals surface area contributed by atoms with E-state index in [-0.39, 0.29) is 11.3 Å². The van der Waals surface area contributed by atoms with E-state index >= 15 is 0 Å². The summed E-state index contributed by atoms with van der Waals surface area (Å²) in [5.41, 5.74) is 4.47. The minimum absolute atomic E-state index is 0.0416. The van der Waals surface area contributed by atoms with Crippen molar-refractivity contribution in [3.8, 4) is 5.75 Å². The minimum atomic E-state index is -0.518. The number of phenols is 1. The molecule has 0 atom stereocenters. The van der Waals surface area contributed by atoms with Crippen LogP contribution in [0.1, 0.15) is 11.1 Å². The fraction of sp³-hybridized carbons (Fsp3) is 0.0588. The zero-order valence-corrected chi connectivity index (χ0v) is 15.7. The van der Waals surface area contributed by atoms with Gasteiger partial charge in [-0.3, -0.25) is 15.0 Å². The smallest absolute Gasteiger partial charge is 0.282 e. The minimum Gasteiger partial charge on any atom is -0.506 e. The number of nitrogens with one attached hydrogen (secondary N) is 1. The van der Waals surface area contributed by atoms with E-state index in [9.17, 15) is 14.7 Å². The zero-order chi connectivity index (χ0) is 17.4. The van der Waals surface area contributed by atoms with Crippen LogP contribution in [0.2, 0.25) is 0 Å². The molecule has 2 amide bonds. The molecule has 0 radical (unpaired) electrons. The van der Waals surface area contributed by atoms with Crippen molar-refractivity contribution in [2.45, 2.75) is 6.92 Å². The van der Waals surface area contributed by atoms with E-state index in [0.717, 1.165) is 5.56 Å². The van der Waals surface area contributed by atoms with E-state index < -0.39 is 11.8 Å². The second-order valence-corrected chi connectivity index (χ2v) is 7.07. The van der Waals surface area contributed by atoms with Crippen LogP contribution >= 0.6 is 31.9 Å². The normalized spacial score (nSPS) is 16.0. The van der Waals surface area contributed by atoms with E-state index in [1.54, 1.807) is 24.3 Å². The van der Waals surface area contributed by atoms with Crippen molar-refractivity contribution in [3.63, 3.8) is 0 Å². The third-order valence-electron chi connectivity index (χ3n) is 3.54. The van der Waals surface area contributed by atoms with Gasteiger partial charge in [0.2, 0.25) is 0 Å². The Balaban J connectivity index is 1.99. The van der Waals surface area contributed by atoms with Crippen molar-refractivity contribution < 1.29 is 14.7 Å². The van der Waals surface area contributed by atoms with Gasteiger partial charge in [0.1, 0.15) is 11.3 Å². The highest BCUT2D eigenvalue weighted by Crippen LogP contribution is 2.34. The molecule has 1 fully saturated rings. The first-order valence-corrected chi connectivity index (χ1v) is 8.57. The number of carbonyl (C=O) groups is 2. The summed E-state index contributed by atoms with van der Waals surface area (Å²) < 4.78 is 1.17. The van der Waals surface area contributed by atoms with Gasteiger partial charge in [-0.25, -0.2) is 5.01 Å². The Bertz CT molecular complexity index is 876. The lowest BCUT2D eigenvalue weighted by atomic mass is 10.1. The van der Waals surface area contributed by atoms with Gasteiger partial charge < -0.3 is 5.11 Å². The van der Waals surface area contributed by atoms with Gasteiger partial charge in [0.25, 0.3) is 11.8 Å². The molecule has 2 aromatic rings. The molecule has 1 aliphatic heterocycles. The summed E-state index contributed by atoms with van der Waals surface area (Å²) in [6, 6.07) is 10.5. The van der Waals surface area contributed by atoms with Crippen molar-refractivity contribution in [2.24, 2.45) is 0 Å². The molecule has 0 saturated carbocycles. The van der Waals surface area contributed by atoms with E-state index in [4.69, 9.17) is 0 Å². The molecular formula is C17H12Br2N2O3. The first-order chi connectivity index (χ1) is 11.4. The molecule has 122 valence electrons. The number of aryl methyl sites for hydroxylation is 1. The Labute approximate surface area is 155 Å². The van der Waals surface area contributed by atoms with Crippen molar-refractivity contribution in [3.05, 3.63) is 62.0 Å². The first-order valence-electron chi connectivity index (χ1n) is 6.98. The van der Waals surface area contributed by atoms with E-state index in [2.05, 4.69) is 37.3 Å². The number of carbonyl (C=O) groups excluding carboxylic acids is 2. The van der Waals surface area contributed by atoms with E-state index in [1.807, 2.05) is 19.1 Å². The Morgan fingerprint density at radius 2 is 1.79 bits per heavy atom. The van der Waals surface area contributed by atoms with Crippen molar-refractivity contribution in [1.82, 2.24) is 5.43 Å². The fourth-order valence-electron chi connectivity index (χ4n) is 2.28. The van der Waals surface area contributed by atoms with Gasteiger partial charge in [-0.2, -0.15) is 0 Å². The lowest BCUT2D eigenvalue weighted by Gasteiger charge is -2.14. The summed E-state index contributed by atoms with van der Waals surface area (Å²) in [7, 11) is 0. The number of hydrogen-bond acceptors (Lipinski definition) is 3. The number of benzene rings is 2. The third kappa shape index (κ3) is 3.09. The Kier molecular flexibility index (Phi) is 4.47. The van der Waals surface area contributed by atoms with Crippen molar-refractivity contribution in [2.75, 3.05) is 5.01 Å². The van der Waals surface area contributed by atoms with Gasteiger partial charge in [-0.05, 0) is 53.2 Å². The van der Waals surface area contributed by atoms with Gasteiger partial charge in [-0.15, -0.1) is 0 Å². The van der Waals surface area contributed by atoms with Gasteiger partial charge >= 0.3 is 0 Å². The average molecular weight is 452 g/mol. The molecule has 0 unspecified atom stereocenters. The molecule has 1 heterocycles. The number of rotatable bonds is 2. The number of nitrogens with zero attached hydrogens (tertiary/aromatic N) is 1. The maximum absolute atomic E-state index is 12.6. The standard InChI is InChI=1S/C17H12Br2N2O3/c1-9-2-4-12(5-3-9)21-17(24)13(16(23)20-21)7-10-6-11(18)8-14(19)15(10)22/h2-8,22H,1H3,(H,20,23)/b13-7-. The molecular weight excluding hydrogens is 440 g/mol. The topological polar surface area (TPSA) is 69.6 Å². The van der Waals surface area contributed by atoms with Crippen LogP contribution in [0.4, 0.5) is 5.69 Å². The number of anilines is 1. The Hall–Kier alpha value is -2.12. The summed E-state index contributed by atoms with van der Waals surface area (Å²) in [6.45, 7) is 1.94. The van der Waals surface area contributed by atoms with Crippen LogP contribution in [-0.4, -0.2) is 16.9 Å². The van der Waals surface area contributed by atoms with Crippen LogP contribution in [0.25, 0.3) is 6.08 Å². The quantitative estimate of drug-likeness (QED) is 0.540. The van der Waals surface area contributed by atoms with Crippen LogP contribution in [0.5, 0.6) is 5.75 Å². The third-order valence-corrected chi connectivity index (χ3v) is 4.60. The first kappa shape index (κ1) is 16.7. The van der Waals surface area contributed by atoms with Crippen LogP contribution < -0.4 is 10.4 Å². The van der Waals surface area contributed by atoms with Crippen LogP contribution in [0, 0.1) is 6.92 Å². The van der Waals surface area contributed by atoms with Gasteiger partial charge in [0, 0.05) is 10.0 Å². The Morgan fingerprint density at radius 1 is 1.12 bits per heavy atom. The second-order valence-electron chi connectivity index (χ2n) is 5.30. The summed E-state index contributed by atoms with van der Waals surface area (Å²) in [5, 5.41) is 11.3. The second kappa shape index (κ2) is 6.41. The molecule has 0 spiro atoms. The van der Waals surface area contributed by atoms with Gasteiger partial charge in [-0.1, -0.05) is 33.6 Å².